The van der Waals surface area contributed by atoms with Crippen LogP contribution in [0.5, 0.6) is 0 Å². The van der Waals surface area contributed by atoms with Crippen LogP contribution in [0.2, 0.25) is 0 Å². The van der Waals surface area contributed by atoms with Crippen molar-refractivity contribution in [2.75, 3.05) is 6.61 Å². The Balaban J connectivity index is 2.43. The van der Waals surface area contributed by atoms with Crippen LogP contribution < -0.4 is 0 Å². The number of carbonyl (C=O) groups is 2. The summed E-state index contributed by atoms with van der Waals surface area (Å²) in [6.45, 7) is 2.42. The Morgan fingerprint density at radius 1 is 1.11 bits per heavy atom. The van der Waals surface area contributed by atoms with Crippen molar-refractivity contribution in [3.05, 3.63) is 35.4 Å². The van der Waals surface area contributed by atoms with Crippen molar-refractivity contribution in [1.29, 1.82) is 0 Å². The molecular weight excluding hydrogens is 248 g/mol. The molecule has 0 spiro atoms. The molecule has 0 heterocycles. The minimum absolute atomic E-state index is 0.0106. The smallest absolute Gasteiger partial charge is 0.373 e. The van der Waals surface area contributed by atoms with Gasteiger partial charge in [0.2, 0.25) is 0 Å². The highest BCUT2D eigenvalue weighted by Crippen LogP contribution is 2.10. The second kappa shape index (κ2) is 8.26. The number of carboxylic acid groups (broad SMARTS) is 1. The summed E-state index contributed by atoms with van der Waals surface area (Å²) in [5, 5.41) is 8.93. The summed E-state index contributed by atoms with van der Waals surface area (Å²) in [5.41, 5.74) is -0.106. The maximum atomic E-state index is 11.6. The number of carboxylic acids is 1. The molecule has 0 aromatic heterocycles. The van der Waals surface area contributed by atoms with Crippen molar-refractivity contribution in [3.63, 3.8) is 0 Å². The summed E-state index contributed by atoms with van der Waals surface area (Å²) in [5.74, 6) is -1.95. The predicted molar refractivity (Wildman–Crippen MR) is 68.9 cm³/mol. The van der Waals surface area contributed by atoms with E-state index in [0.29, 0.717) is 6.61 Å². The van der Waals surface area contributed by atoms with Crippen molar-refractivity contribution in [3.8, 4) is 0 Å². The molecule has 0 bridgehead atoms. The van der Waals surface area contributed by atoms with E-state index in [1.165, 1.54) is 12.1 Å². The van der Waals surface area contributed by atoms with Crippen LogP contribution in [0.3, 0.4) is 0 Å². The van der Waals surface area contributed by atoms with E-state index in [2.05, 4.69) is 11.8 Å². The van der Waals surface area contributed by atoms with Crippen molar-refractivity contribution < 1.29 is 24.5 Å². The molecule has 0 radical (unpaired) electrons. The van der Waals surface area contributed by atoms with E-state index in [9.17, 15) is 9.59 Å². The Morgan fingerprint density at radius 2 is 1.79 bits per heavy atom. The van der Waals surface area contributed by atoms with Gasteiger partial charge in [0.1, 0.15) is 0 Å². The molecule has 1 aromatic rings. The Kier molecular flexibility index (Phi) is 6.60. The van der Waals surface area contributed by atoms with Gasteiger partial charge in [-0.05, 0) is 18.6 Å². The monoisotopic (exact) mass is 266 g/mol. The second-order valence-corrected chi connectivity index (χ2v) is 4.10. The maximum absolute atomic E-state index is 11.6. The van der Waals surface area contributed by atoms with E-state index in [4.69, 9.17) is 9.99 Å². The molecule has 0 atom stereocenters. The first-order chi connectivity index (χ1) is 9.16. The minimum atomic E-state index is -1.17. The number of hydrogen-bond donors (Lipinski definition) is 1. The topological polar surface area (TPSA) is 72.8 Å². The highest BCUT2D eigenvalue weighted by atomic mass is 17.2. The maximum Gasteiger partial charge on any atom is 0.373 e. The molecule has 0 saturated carbocycles. The van der Waals surface area contributed by atoms with Gasteiger partial charge in [0.25, 0.3) is 0 Å². The molecule has 0 aliphatic carbocycles. The average Bonchev–Trinajstić information content (AvgIpc) is 2.42. The quantitative estimate of drug-likeness (QED) is 0.444. The fraction of sp³-hybridized carbons (Fsp3) is 0.429. The summed E-state index contributed by atoms with van der Waals surface area (Å²) < 4.78 is 0. The lowest BCUT2D eigenvalue weighted by Gasteiger charge is -2.05. The average molecular weight is 266 g/mol. The molecule has 1 N–H and O–H groups in total. The first kappa shape index (κ1) is 15.2. The van der Waals surface area contributed by atoms with E-state index in [1.54, 1.807) is 12.1 Å². The van der Waals surface area contributed by atoms with Gasteiger partial charge >= 0.3 is 11.9 Å². The first-order valence-electron chi connectivity index (χ1n) is 6.33. The molecule has 0 unspecified atom stereocenters. The number of aromatic carboxylic acids is 1. The van der Waals surface area contributed by atoms with E-state index in [1.807, 2.05) is 0 Å². The lowest BCUT2D eigenvalue weighted by atomic mass is 10.1. The Morgan fingerprint density at radius 3 is 2.42 bits per heavy atom. The van der Waals surface area contributed by atoms with Gasteiger partial charge in [-0.3, -0.25) is 4.89 Å². The van der Waals surface area contributed by atoms with E-state index in [-0.39, 0.29) is 11.1 Å². The molecule has 1 aromatic carbocycles. The predicted octanol–water partition coefficient (Wildman–Crippen LogP) is 3.05. The van der Waals surface area contributed by atoms with Gasteiger partial charge in [0, 0.05) is 0 Å². The number of unbranched alkanes of at least 4 members (excludes halogenated alkanes) is 3. The van der Waals surface area contributed by atoms with Crippen LogP contribution in [0, 0.1) is 0 Å². The highest BCUT2D eigenvalue weighted by molar-refractivity contribution is 6.02. The Hall–Kier alpha value is -1.88. The molecule has 0 aliphatic heterocycles. The van der Waals surface area contributed by atoms with Gasteiger partial charge in [-0.25, -0.2) is 9.59 Å². The molecule has 0 fully saturated rings. The zero-order valence-electron chi connectivity index (χ0n) is 10.9. The first-order valence-corrected chi connectivity index (χ1v) is 6.33. The molecular formula is C14H18O5. The van der Waals surface area contributed by atoms with Crippen LogP contribution in [0.25, 0.3) is 0 Å². The number of benzene rings is 1. The molecule has 1 rings (SSSR count). The molecule has 5 nitrogen and oxygen atoms in total. The summed E-state index contributed by atoms with van der Waals surface area (Å²) in [7, 11) is 0. The standard InChI is InChI=1S/C14H18O5/c1-2-3-4-7-10-18-19-14(17)12-9-6-5-8-11(12)13(15)16/h5-6,8-9H,2-4,7,10H2,1H3,(H,15,16). The Labute approximate surface area is 112 Å². The molecule has 5 heteroatoms. The lowest BCUT2D eigenvalue weighted by Crippen LogP contribution is -2.12. The highest BCUT2D eigenvalue weighted by Gasteiger charge is 2.17. The number of hydrogen-bond acceptors (Lipinski definition) is 4. The lowest BCUT2D eigenvalue weighted by molar-refractivity contribution is -0.241. The van der Waals surface area contributed by atoms with Crippen molar-refractivity contribution in [2.24, 2.45) is 0 Å². The summed E-state index contributed by atoms with van der Waals surface area (Å²) in [6.07, 6.45) is 4.05. The second-order valence-electron chi connectivity index (χ2n) is 4.10. The summed E-state index contributed by atoms with van der Waals surface area (Å²) >= 11 is 0. The van der Waals surface area contributed by atoms with Gasteiger partial charge in [-0.1, -0.05) is 38.3 Å². The third-order valence-corrected chi connectivity index (χ3v) is 2.59. The molecule has 104 valence electrons. The van der Waals surface area contributed by atoms with Crippen LogP contribution in [-0.4, -0.2) is 23.7 Å². The molecule has 19 heavy (non-hydrogen) atoms. The molecule has 0 amide bonds. The van der Waals surface area contributed by atoms with E-state index < -0.39 is 11.9 Å². The summed E-state index contributed by atoms with van der Waals surface area (Å²) in [4.78, 5) is 32.0. The van der Waals surface area contributed by atoms with Crippen LogP contribution in [0.15, 0.2) is 24.3 Å². The van der Waals surface area contributed by atoms with Crippen LogP contribution in [0.1, 0.15) is 53.3 Å². The van der Waals surface area contributed by atoms with Gasteiger partial charge in [0.15, 0.2) is 0 Å². The fourth-order valence-electron chi connectivity index (χ4n) is 1.58. The van der Waals surface area contributed by atoms with Crippen molar-refractivity contribution in [1.82, 2.24) is 0 Å². The van der Waals surface area contributed by atoms with Crippen LogP contribution in [-0.2, 0) is 9.78 Å². The van der Waals surface area contributed by atoms with E-state index in [0.717, 1.165) is 25.7 Å². The van der Waals surface area contributed by atoms with Gasteiger partial charge < -0.3 is 5.11 Å². The SMILES string of the molecule is CCCCCCOOC(=O)c1ccccc1C(=O)O. The fourth-order valence-corrected chi connectivity index (χ4v) is 1.58. The largest absolute Gasteiger partial charge is 0.478 e. The van der Waals surface area contributed by atoms with Gasteiger partial charge in [-0.2, -0.15) is 4.89 Å². The van der Waals surface area contributed by atoms with Crippen molar-refractivity contribution in [2.45, 2.75) is 32.6 Å². The zero-order chi connectivity index (χ0) is 14.1. The van der Waals surface area contributed by atoms with Gasteiger partial charge in [0.05, 0.1) is 17.7 Å². The number of carbonyl (C=O) groups excluding carboxylic acids is 1. The molecule has 0 saturated heterocycles. The Bertz CT molecular complexity index is 428. The van der Waals surface area contributed by atoms with Crippen LogP contribution in [0.4, 0.5) is 0 Å². The zero-order valence-corrected chi connectivity index (χ0v) is 10.9. The van der Waals surface area contributed by atoms with Gasteiger partial charge in [-0.15, -0.1) is 0 Å². The number of rotatable bonds is 8. The molecule has 0 aliphatic rings. The normalized spacial score (nSPS) is 10.2. The minimum Gasteiger partial charge on any atom is -0.478 e. The third-order valence-electron chi connectivity index (χ3n) is 2.59. The van der Waals surface area contributed by atoms with Crippen molar-refractivity contribution >= 4 is 11.9 Å². The summed E-state index contributed by atoms with van der Waals surface area (Å²) in [6, 6.07) is 5.86. The van der Waals surface area contributed by atoms with Crippen LogP contribution >= 0.6 is 0 Å². The van der Waals surface area contributed by atoms with E-state index >= 15 is 0 Å². The third kappa shape index (κ3) is 5.09.